The van der Waals surface area contributed by atoms with Gasteiger partial charge in [-0.1, -0.05) is 17.7 Å². The third kappa shape index (κ3) is 3.73. The lowest BCUT2D eigenvalue weighted by Crippen LogP contribution is -2.31. The predicted molar refractivity (Wildman–Crippen MR) is 80.0 cm³/mol. The van der Waals surface area contributed by atoms with Gasteiger partial charge >= 0.3 is 0 Å². The molecular formula is C15H19ClN2O2. The third-order valence-electron chi connectivity index (χ3n) is 3.46. The van der Waals surface area contributed by atoms with Crippen molar-refractivity contribution < 1.29 is 9.59 Å². The Labute approximate surface area is 124 Å². The molecule has 0 spiro atoms. The van der Waals surface area contributed by atoms with E-state index in [0.717, 1.165) is 5.69 Å². The molecule has 4 nitrogen and oxygen atoms in total. The number of benzene rings is 1. The van der Waals surface area contributed by atoms with Gasteiger partial charge in [-0.2, -0.15) is 0 Å². The topological polar surface area (TPSA) is 49.4 Å². The van der Waals surface area contributed by atoms with Crippen molar-refractivity contribution in [2.24, 2.45) is 5.92 Å². The summed E-state index contributed by atoms with van der Waals surface area (Å²) in [5.41, 5.74) is 2.10. The maximum Gasteiger partial charge on any atom is 0.227 e. The van der Waals surface area contributed by atoms with Gasteiger partial charge in [0.25, 0.3) is 0 Å². The molecule has 0 aliphatic carbocycles. The minimum atomic E-state index is -0.0544. The Kier molecular flexibility index (Phi) is 5.01. The second-order valence-electron chi connectivity index (χ2n) is 5.15. The van der Waals surface area contributed by atoms with Crippen LogP contribution in [0, 0.1) is 12.8 Å². The molecule has 2 rings (SSSR count). The largest absolute Gasteiger partial charge is 0.356 e. The summed E-state index contributed by atoms with van der Waals surface area (Å²) in [6, 6.07) is 7.92. The molecule has 1 fully saturated rings. The van der Waals surface area contributed by atoms with Crippen LogP contribution in [0.5, 0.6) is 0 Å². The summed E-state index contributed by atoms with van der Waals surface area (Å²) >= 11 is 5.51. The highest BCUT2D eigenvalue weighted by molar-refractivity contribution is 6.18. The molecular weight excluding hydrogens is 276 g/mol. The van der Waals surface area contributed by atoms with E-state index in [-0.39, 0.29) is 17.7 Å². The predicted octanol–water partition coefficient (Wildman–Crippen LogP) is 2.09. The molecule has 1 aromatic rings. The zero-order chi connectivity index (χ0) is 14.5. The van der Waals surface area contributed by atoms with Crippen molar-refractivity contribution in [3.8, 4) is 0 Å². The quantitative estimate of drug-likeness (QED) is 0.846. The molecule has 2 amide bonds. The van der Waals surface area contributed by atoms with E-state index in [2.05, 4.69) is 5.32 Å². The first kappa shape index (κ1) is 14.9. The molecule has 1 saturated heterocycles. The fourth-order valence-corrected chi connectivity index (χ4v) is 2.50. The molecule has 5 heteroatoms. The van der Waals surface area contributed by atoms with Gasteiger partial charge in [-0.3, -0.25) is 9.59 Å². The summed E-state index contributed by atoms with van der Waals surface area (Å²) in [7, 11) is 0. The lowest BCUT2D eigenvalue weighted by Gasteiger charge is -2.17. The number of halogens is 1. The first-order chi connectivity index (χ1) is 9.60. The first-order valence-electron chi connectivity index (χ1n) is 6.80. The summed E-state index contributed by atoms with van der Waals surface area (Å²) in [6.45, 7) is 3.21. The van der Waals surface area contributed by atoms with E-state index >= 15 is 0 Å². The van der Waals surface area contributed by atoms with Crippen LogP contribution in [0.4, 0.5) is 5.69 Å². The van der Waals surface area contributed by atoms with Gasteiger partial charge in [-0.25, -0.2) is 0 Å². The second kappa shape index (κ2) is 6.75. The highest BCUT2D eigenvalue weighted by Gasteiger charge is 2.30. The fraction of sp³-hybridized carbons (Fsp3) is 0.467. The van der Waals surface area contributed by atoms with Crippen LogP contribution >= 0.6 is 11.6 Å². The number of hydrogen-bond donors (Lipinski definition) is 1. The molecule has 1 aliphatic heterocycles. The molecule has 1 aliphatic rings. The maximum absolute atomic E-state index is 12.0. The Hall–Kier alpha value is -1.55. The summed E-state index contributed by atoms with van der Waals surface area (Å²) in [4.78, 5) is 25.2. The molecule has 1 heterocycles. The van der Waals surface area contributed by atoms with Crippen LogP contribution in [0.15, 0.2) is 24.3 Å². The molecule has 0 aromatic heterocycles. The number of hydrogen-bond acceptors (Lipinski definition) is 2. The standard InChI is InChI=1S/C15H19ClN2O2/c1-11-2-4-13(5-3-11)18-10-12(8-15(18)20)9-17-14(19)6-7-16/h2-5,12H,6-10H2,1H3,(H,17,19). The van der Waals surface area contributed by atoms with E-state index in [4.69, 9.17) is 11.6 Å². The van der Waals surface area contributed by atoms with E-state index in [1.54, 1.807) is 4.90 Å². The van der Waals surface area contributed by atoms with Crippen molar-refractivity contribution in [2.75, 3.05) is 23.9 Å². The van der Waals surface area contributed by atoms with Crippen molar-refractivity contribution in [3.05, 3.63) is 29.8 Å². The molecule has 108 valence electrons. The number of rotatable bonds is 5. The van der Waals surface area contributed by atoms with Gasteiger partial charge in [-0.05, 0) is 19.1 Å². The lowest BCUT2D eigenvalue weighted by molar-refractivity contribution is -0.121. The number of anilines is 1. The van der Waals surface area contributed by atoms with Crippen LogP contribution in [0.1, 0.15) is 18.4 Å². The number of nitrogens with zero attached hydrogens (tertiary/aromatic N) is 1. The van der Waals surface area contributed by atoms with Crippen molar-refractivity contribution in [3.63, 3.8) is 0 Å². The van der Waals surface area contributed by atoms with Crippen LogP contribution < -0.4 is 10.2 Å². The molecule has 1 N–H and O–H groups in total. The SMILES string of the molecule is Cc1ccc(N2CC(CNC(=O)CCCl)CC2=O)cc1. The van der Waals surface area contributed by atoms with Gasteiger partial charge < -0.3 is 10.2 Å². The molecule has 1 atom stereocenters. The normalized spacial score (nSPS) is 18.4. The maximum atomic E-state index is 12.0. The van der Waals surface area contributed by atoms with Crippen molar-refractivity contribution in [1.82, 2.24) is 5.32 Å². The highest BCUT2D eigenvalue weighted by atomic mass is 35.5. The second-order valence-corrected chi connectivity index (χ2v) is 5.53. The Balaban J connectivity index is 1.90. The van der Waals surface area contributed by atoms with Crippen molar-refractivity contribution >= 4 is 29.1 Å². The zero-order valence-corrected chi connectivity index (χ0v) is 12.3. The Morgan fingerprint density at radius 3 is 2.75 bits per heavy atom. The van der Waals surface area contributed by atoms with Crippen molar-refractivity contribution in [1.29, 1.82) is 0 Å². The van der Waals surface area contributed by atoms with Crippen molar-refractivity contribution in [2.45, 2.75) is 19.8 Å². The molecule has 20 heavy (non-hydrogen) atoms. The van der Waals surface area contributed by atoms with E-state index in [1.165, 1.54) is 5.56 Å². The molecule has 1 unspecified atom stereocenters. The van der Waals surface area contributed by atoms with Gasteiger partial charge in [0.05, 0.1) is 0 Å². The average Bonchev–Trinajstić information content (AvgIpc) is 2.79. The molecule has 1 aromatic carbocycles. The highest BCUT2D eigenvalue weighted by Crippen LogP contribution is 2.24. The third-order valence-corrected chi connectivity index (χ3v) is 3.65. The smallest absolute Gasteiger partial charge is 0.227 e. The Morgan fingerprint density at radius 2 is 2.10 bits per heavy atom. The van der Waals surface area contributed by atoms with Crippen LogP contribution in [-0.4, -0.2) is 30.8 Å². The van der Waals surface area contributed by atoms with Gasteiger partial charge in [0.2, 0.25) is 11.8 Å². The summed E-state index contributed by atoms with van der Waals surface area (Å²) in [5, 5.41) is 2.82. The fourth-order valence-electron chi connectivity index (χ4n) is 2.32. The van der Waals surface area contributed by atoms with Gasteiger partial charge in [0.1, 0.15) is 0 Å². The first-order valence-corrected chi connectivity index (χ1v) is 7.33. The monoisotopic (exact) mass is 294 g/mol. The van der Waals surface area contributed by atoms with Crippen LogP contribution in [0.3, 0.4) is 0 Å². The number of amides is 2. The van der Waals surface area contributed by atoms with E-state index < -0.39 is 0 Å². The number of aryl methyl sites for hydroxylation is 1. The van der Waals surface area contributed by atoms with Crippen LogP contribution in [-0.2, 0) is 9.59 Å². The van der Waals surface area contributed by atoms with Gasteiger partial charge in [0.15, 0.2) is 0 Å². The summed E-state index contributed by atoms with van der Waals surface area (Å²) in [5.74, 6) is 0.556. The van der Waals surface area contributed by atoms with Crippen LogP contribution in [0.2, 0.25) is 0 Å². The average molecular weight is 295 g/mol. The van der Waals surface area contributed by atoms with Gasteiger partial charge in [0, 0.05) is 43.4 Å². The summed E-state index contributed by atoms with van der Waals surface area (Å²) < 4.78 is 0. The minimum Gasteiger partial charge on any atom is -0.356 e. The molecule has 0 bridgehead atoms. The number of carbonyl (C=O) groups is 2. The Bertz CT molecular complexity index is 487. The molecule has 0 radical (unpaired) electrons. The molecule has 0 saturated carbocycles. The van der Waals surface area contributed by atoms with Crippen LogP contribution in [0.25, 0.3) is 0 Å². The lowest BCUT2D eigenvalue weighted by atomic mass is 10.1. The Morgan fingerprint density at radius 1 is 1.40 bits per heavy atom. The van der Waals surface area contributed by atoms with E-state index in [0.29, 0.717) is 31.8 Å². The number of carbonyl (C=O) groups excluding carboxylic acids is 2. The summed E-state index contributed by atoms with van der Waals surface area (Å²) in [6.07, 6.45) is 0.804. The minimum absolute atomic E-state index is 0.0544. The number of nitrogens with one attached hydrogen (secondary N) is 1. The zero-order valence-electron chi connectivity index (χ0n) is 11.6. The van der Waals surface area contributed by atoms with E-state index in [1.807, 2.05) is 31.2 Å². The number of alkyl halides is 1. The van der Waals surface area contributed by atoms with Gasteiger partial charge in [-0.15, -0.1) is 11.6 Å². The van der Waals surface area contributed by atoms with E-state index in [9.17, 15) is 9.59 Å².